The van der Waals surface area contributed by atoms with Crippen LogP contribution in [0.3, 0.4) is 0 Å². The highest BCUT2D eigenvalue weighted by Gasteiger charge is 2.38. The van der Waals surface area contributed by atoms with Crippen LogP contribution in [0.2, 0.25) is 0 Å². The van der Waals surface area contributed by atoms with Gasteiger partial charge in [0.1, 0.15) is 6.04 Å². The zero-order chi connectivity index (χ0) is 19.4. The van der Waals surface area contributed by atoms with Crippen molar-refractivity contribution >= 4 is 34.9 Å². The Morgan fingerprint density at radius 1 is 1.19 bits per heavy atom. The molecule has 0 unspecified atom stereocenters. The number of hydrazine groups is 1. The molecule has 2 aliphatic heterocycles. The Balaban J connectivity index is 1.63. The summed E-state index contributed by atoms with van der Waals surface area (Å²) >= 11 is 5.24. The molecule has 0 saturated carbocycles. The Kier molecular flexibility index (Phi) is 6.18. The van der Waals surface area contributed by atoms with Crippen molar-refractivity contribution in [2.24, 2.45) is 5.92 Å². The van der Waals surface area contributed by atoms with Gasteiger partial charge in [-0.05, 0) is 24.8 Å². The summed E-state index contributed by atoms with van der Waals surface area (Å²) in [6.07, 6.45) is 2.14. The van der Waals surface area contributed by atoms with Crippen molar-refractivity contribution in [3.05, 3.63) is 35.9 Å². The Bertz CT molecular complexity index is 740. The molecule has 2 aliphatic rings. The van der Waals surface area contributed by atoms with Gasteiger partial charge in [-0.1, -0.05) is 42.5 Å². The second kappa shape index (κ2) is 8.58. The maximum atomic E-state index is 12.9. The maximum absolute atomic E-state index is 12.9. The highest BCUT2D eigenvalue weighted by atomic mass is 32.1. The molecular weight excluding hydrogens is 366 g/mol. The fraction of sp³-hybridized carbons (Fsp3) is 0.474. The number of rotatable bonds is 5. The number of carboxylic acids is 1. The molecule has 27 heavy (non-hydrogen) atoms. The number of nitrogens with zero attached hydrogens (tertiary/aromatic N) is 2. The van der Waals surface area contributed by atoms with Gasteiger partial charge < -0.3 is 10.4 Å². The molecule has 2 amide bonds. The van der Waals surface area contributed by atoms with E-state index in [1.54, 1.807) is 0 Å². The summed E-state index contributed by atoms with van der Waals surface area (Å²) in [4.78, 5) is 36.9. The van der Waals surface area contributed by atoms with Gasteiger partial charge in [0.05, 0.1) is 17.3 Å². The topological polar surface area (TPSA) is 89.9 Å². The number of hydrogen-bond donors (Lipinski definition) is 2. The van der Waals surface area contributed by atoms with Crippen molar-refractivity contribution in [1.82, 2.24) is 15.3 Å². The van der Waals surface area contributed by atoms with Crippen molar-refractivity contribution in [2.75, 3.05) is 19.6 Å². The van der Waals surface area contributed by atoms with Crippen LogP contribution in [0, 0.1) is 5.92 Å². The van der Waals surface area contributed by atoms with E-state index in [2.05, 4.69) is 5.32 Å². The van der Waals surface area contributed by atoms with E-state index in [-0.39, 0.29) is 17.3 Å². The summed E-state index contributed by atoms with van der Waals surface area (Å²) in [7, 11) is 0. The lowest BCUT2D eigenvalue weighted by molar-refractivity contribution is -0.163. The van der Waals surface area contributed by atoms with Gasteiger partial charge in [-0.2, -0.15) is 0 Å². The Morgan fingerprint density at radius 3 is 2.63 bits per heavy atom. The van der Waals surface area contributed by atoms with Crippen molar-refractivity contribution in [1.29, 1.82) is 0 Å². The minimum atomic E-state index is -0.892. The molecule has 1 aromatic rings. The lowest BCUT2D eigenvalue weighted by Crippen LogP contribution is -2.58. The number of nitrogens with one attached hydrogen (secondary N) is 1. The average molecular weight is 389 g/mol. The minimum Gasteiger partial charge on any atom is -0.481 e. The molecule has 7 nitrogen and oxygen atoms in total. The molecular formula is C19H23N3O4S. The van der Waals surface area contributed by atoms with E-state index in [9.17, 15) is 19.5 Å². The normalized spacial score (nSPS) is 23.3. The van der Waals surface area contributed by atoms with Crippen LogP contribution >= 0.6 is 12.2 Å². The SMILES string of the molecule is O=C(N[C@H]1CCCN2CC[C@H](C(=O)O)CN2C1=O)C(=S)Cc1ccccc1. The molecule has 0 bridgehead atoms. The molecule has 0 aliphatic carbocycles. The van der Waals surface area contributed by atoms with Crippen LogP contribution in [0.5, 0.6) is 0 Å². The summed E-state index contributed by atoms with van der Waals surface area (Å²) in [6, 6.07) is 8.78. The van der Waals surface area contributed by atoms with Crippen molar-refractivity contribution < 1.29 is 19.5 Å². The van der Waals surface area contributed by atoms with Crippen molar-refractivity contribution in [3.63, 3.8) is 0 Å². The van der Waals surface area contributed by atoms with E-state index < -0.39 is 23.8 Å². The first-order chi connectivity index (χ1) is 13.0. The van der Waals surface area contributed by atoms with Crippen LogP contribution in [0.15, 0.2) is 30.3 Å². The van der Waals surface area contributed by atoms with E-state index in [1.807, 2.05) is 35.3 Å². The first kappa shape index (κ1) is 19.4. The molecule has 0 aromatic heterocycles. The number of benzene rings is 1. The monoisotopic (exact) mass is 389 g/mol. The van der Waals surface area contributed by atoms with Crippen LogP contribution in [0.25, 0.3) is 0 Å². The summed E-state index contributed by atoms with van der Waals surface area (Å²) in [5.41, 5.74) is 0.941. The summed E-state index contributed by atoms with van der Waals surface area (Å²) in [5, 5.41) is 15.4. The van der Waals surface area contributed by atoms with Gasteiger partial charge in [0.25, 0.3) is 11.8 Å². The van der Waals surface area contributed by atoms with Crippen LogP contribution in [-0.2, 0) is 20.8 Å². The third kappa shape index (κ3) is 4.70. The van der Waals surface area contributed by atoms with Gasteiger partial charge >= 0.3 is 5.97 Å². The van der Waals surface area contributed by atoms with Gasteiger partial charge in [0.2, 0.25) is 0 Å². The van der Waals surface area contributed by atoms with Gasteiger partial charge in [-0.3, -0.25) is 19.4 Å². The quantitative estimate of drug-likeness (QED) is 0.731. The number of amides is 2. The van der Waals surface area contributed by atoms with E-state index in [0.29, 0.717) is 32.4 Å². The van der Waals surface area contributed by atoms with E-state index >= 15 is 0 Å². The van der Waals surface area contributed by atoms with E-state index in [4.69, 9.17) is 12.2 Å². The summed E-state index contributed by atoms with van der Waals surface area (Å²) in [5.74, 6) is -2.13. The Labute approximate surface area is 163 Å². The number of thiocarbonyl (C=S) groups is 1. The van der Waals surface area contributed by atoms with Crippen LogP contribution < -0.4 is 5.32 Å². The van der Waals surface area contributed by atoms with Gasteiger partial charge in [-0.25, -0.2) is 5.01 Å². The number of aliphatic carboxylic acids is 1. The molecule has 0 radical (unpaired) electrons. The molecule has 1 aromatic carbocycles. The molecule has 8 heteroatoms. The lowest BCUT2D eigenvalue weighted by atomic mass is 10.0. The molecule has 2 atom stereocenters. The highest BCUT2D eigenvalue weighted by molar-refractivity contribution is 7.82. The molecule has 3 rings (SSSR count). The van der Waals surface area contributed by atoms with Crippen LogP contribution in [0.4, 0.5) is 0 Å². The molecule has 2 fully saturated rings. The predicted octanol–water partition coefficient (Wildman–Crippen LogP) is 1.03. The molecule has 2 N–H and O–H groups in total. The molecule has 2 heterocycles. The van der Waals surface area contributed by atoms with Crippen molar-refractivity contribution in [2.45, 2.75) is 31.7 Å². The largest absolute Gasteiger partial charge is 0.481 e. The van der Waals surface area contributed by atoms with Gasteiger partial charge in [0.15, 0.2) is 0 Å². The first-order valence-corrected chi connectivity index (χ1v) is 9.53. The average Bonchev–Trinajstić information content (AvgIpc) is 2.81. The smallest absolute Gasteiger partial charge is 0.308 e. The summed E-state index contributed by atoms with van der Waals surface area (Å²) in [6.45, 7) is 1.36. The fourth-order valence-corrected chi connectivity index (χ4v) is 3.75. The molecule has 2 saturated heterocycles. The number of fused-ring (bicyclic) bond motifs is 1. The number of carbonyl (C=O) groups excluding carboxylic acids is 2. The summed E-state index contributed by atoms with van der Waals surface area (Å²) < 4.78 is 0. The van der Waals surface area contributed by atoms with Gasteiger partial charge in [0, 0.05) is 19.5 Å². The highest BCUT2D eigenvalue weighted by Crippen LogP contribution is 2.22. The standard InChI is InChI=1S/C19H23N3O4S/c23-17(16(27)11-13-5-2-1-3-6-13)20-15-7-4-9-21-10-8-14(19(25)26)12-22(21)18(15)24/h1-3,5-6,14-15H,4,7-12H2,(H,20,23)(H,25,26)/t14-,15-/m0/s1. The fourth-order valence-electron chi connectivity index (χ4n) is 3.52. The van der Waals surface area contributed by atoms with Crippen LogP contribution in [0.1, 0.15) is 24.8 Å². The van der Waals surface area contributed by atoms with Crippen LogP contribution in [-0.4, -0.2) is 63.4 Å². The zero-order valence-corrected chi connectivity index (χ0v) is 15.8. The predicted molar refractivity (Wildman–Crippen MR) is 103 cm³/mol. The number of hydrogen-bond acceptors (Lipinski definition) is 5. The first-order valence-electron chi connectivity index (χ1n) is 9.12. The molecule has 144 valence electrons. The van der Waals surface area contributed by atoms with E-state index in [0.717, 1.165) is 12.0 Å². The second-order valence-corrected chi connectivity index (χ2v) is 7.44. The Morgan fingerprint density at radius 2 is 1.93 bits per heavy atom. The Hall–Kier alpha value is -2.32. The third-order valence-corrected chi connectivity index (χ3v) is 5.38. The number of carbonyl (C=O) groups is 3. The van der Waals surface area contributed by atoms with Gasteiger partial charge in [-0.15, -0.1) is 0 Å². The minimum absolute atomic E-state index is 0.148. The zero-order valence-electron chi connectivity index (χ0n) is 15.0. The van der Waals surface area contributed by atoms with E-state index in [1.165, 1.54) is 5.01 Å². The number of carboxylic acid groups (broad SMARTS) is 1. The molecule has 0 spiro atoms. The third-order valence-electron chi connectivity index (χ3n) is 5.05. The maximum Gasteiger partial charge on any atom is 0.308 e. The lowest BCUT2D eigenvalue weighted by Gasteiger charge is -2.40. The van der Waals surface area contributed by atoms with Crippen molar-refractivity contribution in [3.8, 4) is 0 Å². The second-order valence-electron chi connectivity index (χ2n) is 6.95.